The first-order valence-corrected chi connectivity index (χ1v) is 11.3. The molecular formula is C24H26N8O. The molecule has 6 rings (SSSR count). The molecular weight excluding hydrogens is 416 g/mol. The Morgan fingerprint density at radius 1 is 1.03 bits per heavy atom. The van der Waals surface area contributed by atoms with Gasteiger partial charge in [0.2, 0.25) is 5.95 Å². The van der Waals surface area contributed by atoms with E-state index in [0.717, 1.165) is 67.5 Å². The molecule has 0 bridgehead atoms. The summed E-state index contributed by atoms with van der Waals surface area (Å²) in [6.07, 6.45) is 6.38. The number of nitrogens with one attached hydrogen (secondary N) is 1. The van der Waals surface area contributed by atoms with Crippen LogP contribution in [-0.4, -0.2) is 69.3 Å². The van der Waals surface area contributed by atoms with Crippen molar-refractivity contribution in [3.8, 4) is 16.9 Å². The van der Waals surface area contributed by atoms with Gasteiger partial charge < -0.3 is 19.9 Å². The van der Waals surface area contributed by atoms with Crippen LogP contribution < -0.4 is 15.0 Å². The van der Waals surface area contributed by atoms with E-state index in [2.05, 4.69) is 55.5 Å². The fourth-order valence-corrected chi connectivity index (χ4v) is 4.55. The van der Waals surface area contributed by atoms with E-state index in [0.29, 0.717) is 12.5 Å². The zero-order valence-corrected chi connectivity index (χ0v) is 18.6. The molecule has 1 fully saturated rings. The van der Waals surface area contributed by atoms with Gasteiger partial charge in [-0.1, -0.05) is 12.1 Å². The van der Waals surface area contributed by atoms with E-state index >= 15 is 0 Å². The van der Waals surface area contributed by atoms with Crippen LogP contribution in [0.1, 0.15) is 11.1 Å². The topological polar surface area (TPSA) is 83.7 Å². The van der Waals surface area contributed by atoms with Gasteiger partial charge in [-0.2, -0.15) is 0 Å². The molecule has 2 aliphatic heterocycles. The number of hydrogen-bond acceptors (Lipinski definition) is 8. The molecule has 0 amide bonds. The highest BCUT2D eigenvalue weighted by atomic mass is 16.5. The highest BCUT2D eigenvalue weighted by molar-refractivity contribution is 5.77. The SMILES string of the molecule is CN1CCN(c2ccc(-c3cnc(NCc4cccc5c4CCO5)n4cnnc34)cn2)CC1. The van der Waals surface area contributed by atoms with E-state index in [9.17, 15) is 0 Å². The summed E-state index contributed by atoms with van der Waals surface area (Å²) >= 11 is 0. The molecule has 0 unspecified atom stereocenters. The Morgan fingerprint density at radius 2 is 1.94 bits per heavy atom. The Kier molecular flexibility index (Phi) is 5.03. The van der Waals surface area contributed by atoms with E-state index in [1.807, 2.05) is 28.9 Å². The normalized spacial score (nSPS) is 16.1. The molecule has 3 aromatic heterocycles. The van der Waals surface area contributed by atoms with Gasteiger partial charge in [-0.3, -0.25) is 4.40 Å². The zero-order chi connectivity index (χ0) is 22.2. The van der Waals surface area contributed by atoms with Gasteiger partial charge in [-0.05, 0) is 30.8 Å². The van der Waals surface area contributed by atoms with Crippen molar-refractivity contribution in [1.82, 2.24) is 29.5 Å². The van der Waals surface area contributed by atoms with Crippen LogP contribution in [0.5, 0.6) is 5.75 Å². The van der Waals surface area contributed by atoms with Gasteiger partial charge in [0, 0.05) is 68.2 Å². The van der Waals surface area contributed by atoms with E-state index in [-0.39, 0.29) is 0 Å². The van der Waals surface area contributed by atoms with Crippen molar-refractivity contribution in [1.29, 1.82) is 0 Å². The number of benzene rings is 1. The number of fused-ring (bicyclic) bond motifs is 2. The third kappa shape index (κ3) is 3.74. The Balaban J connectivity index is 1.24. The lowest BCUT2D eigenvalue weighted by Gasteiger charge is -2.33. The summed E-state index contributed by atoms with van der Waals surface area (Å²) in [4.78, 5) is 14.1. The maximum absolute atomic E-state index is 5.69. The summed E-state index contributed by atoms with van der Waals surface area (Å²) in [5.74, 6) is 2.70. The number of anilines is 2. The molecule has 168 valence electrons. The van der Waals surface area contributed by atoms with Gasteiger partial charge in [0.15, 0.2) is 5.65 Å². The standard InChI is InChI=1S/C24H26N8O/c1-30-8-10-31(11-9-30)22-6-5-18(13-25-22)20-15-27-24(32-16-28-29-23(20)32)26-14-17-3-2-4-21-19(17)7-12-33-21/h2-6,13,15-16H,7-12,14H2,1H3,(H,26,27). The minimum Gasteiger partial charge on any atom is -0.493 e. The predicted octanol–water partition coefficient (Wildman–Crippen LogP) is 2.49. The first kappa shape index (κ1) is 19.9. The Hall–Kier alpha value is -3.72. The molecule has 1 aromatic carbocycles. The minimum atomic E-state index is 0.660. The zero-order valence-electron chi connectivity index (χ0n) is 18.6. The molecule has 0 radical (unpaired) electrons. The second kappa shape index (κ2) is 8.32. The summed E-state index contributed by atoms with van der Waals surface area (Å²) < 4.78 is 7.58. The molecule has 9 heteroatoms. The van der Waals surface area contributed by atoms with E-state index < -0.39 is 0 Å². The first-order valence-electron chi connectivity index (χ1n) is 11.3. The fourth-order valence-electron chi connectivity index (χ4n) is 4.55. The van der Waals surface area contributed by atoms with Gasteiger partial charge in [-0.25, -0.2) is 9.97 Å². The van der Waals surface area contributed by atoms with Crippen LogP contribution in [0.4, 0.5) is 11.8 Å². The Labute approximate surface area is 192 Å². The van der Waals surface area contributed by atoms with Gasteiger partial charge >= 0.3 is 0 Å². The van der Waals surface area contributed by atoms with E-state index in [1.165, 1.54) is 11.1 Å². The number of likely N-dealkylation sites (N-methyl/N-ethyl adjacent to an activating group) is 1. The van der Waals surface area contributed by atoms with Crippen molar-refractivity contribution in [2.75, 3.05) is 50.1 Å². The van der Waals surface area contributed by atoms with Crippen LogP contribution in [0.25, 0.3) is 16.8 Å². The minimum absolute atomic E-state index is 0.660. The molecule has 1 N–H and O–H groups in total. The van der Waals surface area contributed by atoms with Crippen molar-refractivity contribution in [3.63, 3.8) is 0 Å². The molecule has 2 aliphatic rings. The highest BCUT2D eigenvalue weighted by Crippen LogP contribution is 2.29. The summed E-state index contributed by atoms with van der Waals surface area (Å²) in [5.41, 5.74) is 5.13. The fraction of sp³-hybridized carbons (Fsp3) is 0.333. The number of nitrogens with zero attached hydrogens (tertiary/aromatic N) is 7. The lowest BCUT2D eigenvalue weighted by molar-refractivity contribution is 0.312. The third-order valence-electron chi connectivity index (χ3n) is 6.50. The van der Waals surface area contributed by atoms with Crippen molar-refractivity contribution in [2.45, 2.75) is 13.0 Å². The van der Waals surface area contributed by atoms with Crippen LogP contribution in [0.15, 0.2) is 49.1 Å². The van der Waals surface area contributed by atoms with Crippen LogP contribution in [0, 0.1) is 0 Å². The summed E-state index contributed by atoms with van der Waals surface area (Å²) in [7, 11) is 2.16. The van der Waals surface area contributed by atoms with Crippen molar-refractivity contribution in [3.05, 3.63) is 60.2 Å². The van der Waals surface area contributed by atoms with Gasteiger partial charge in [0.05, 0.1) is 6.61 Å². The Bertz CT molecular complexity index is 1280. The number of piperazine rings is 1. The number of ether oxygens (including phenoxy) is 1. The quantitative estimate of drug-likeness (QED) is 0.505. The monoisotopic (exact) mass is 442 g/mol. The average molecular weight is 443 g/mol. The van der Waals surface area contributed by atoms with Crippen LogP contribution >= 0.6 is 0 Å². The molecule has 4 aromatic rings. The van der Waals surface area contributed by atoms with E-state index in [4.69, 9.17) is 9.72 Å². The lowest BCUT2D eigenvalue weighted by Crippen LogP contribution is -2.44. The first-order chi connectivity index (χ1) is 16.3. The number of hydrogen-bond donors (Lipinski definition) is 1. The molecule has 9 nitrogen and oxygen atoms in total. The third-order valence-corrected chi connectivity index (χ3v) is 6.50. The molecule has 0 saturated carbocycles. The largest absolute Gasteiger partial charge is 0.493 e. The van der Waals surface area contributed by atoms with Gasteiger partial charge in [-0.15, -0.1) is 10.2 Å². The maximum Gasteiger partial charge on any atom is 0.210 e. The van der Waals surface area contributed by atoms with Gasteiger partial charge in [0.1, 0.15) is 17.9 Å². The molecule has 5 heterocycles. The van der Waals surface area contributed by atoms with Crippen LogP contribution in [0.2, 0.25) is 0 Å². The molecule has 1 saturated heterocycles. The summed E-state index contributed by atoms with van der Waals surface area (Å²) in [5, 5.41) is 11.9. The van der Waals surface area contributed by atoms with Crippen molar-refractivity contribution >= 4 is 17.4 Å². The summed E-state index contributed by atoms with van der Waals surface area (Å²) in [6, 6.07) is 10.4. The molecule has 33 heavy (non-hydrogen) atoms. The van der Waals surface area contributed by atoms with E-state index in [1.54, 1.807) is 6.33 Å². The van der Waals surface area contributed by atoms with Crippen LogP contribution in [-0.2, 0) is 13.0 Å². The maximum atomic E-state index is 5.69. The lowest BCUT2D eigenvalue weighted by atomic mass is 10.1. The molecule has 0 atom stereocenters. The van der Waals surface area contributed by atoms with Crippen LogP contribution in [0.3, 0.4) is 0 Å². The molecule has 0 spiro atoms. The number of aromatic nitrogens is 5. The smallest absolute Gasteiger partial charge is 0.210 e. The second-order valence-corrected chi connectivity index (χ2v) is 8.56. The summed E-state index contributed by atoms with van der Waals surface area (Å²) in [6.45, 7) is 5.51. The van der Waals surface area contributed by atoms with Crippen molar-refractivity contribution < 1.29 is 4.74 Å². The van der Waals surface area contributed by atoms with Gasteiger partial charge in [0.25, 0.3) is 0 Å². The molecule has 0 aliphatic carbocycles. The average Bonchev–Trinajstić information content (AvgIpc) is 3.53. The predicted molar refractivity (Wildman–Crippen MR) is 127 cm³/mol. The number of pyridine rings is 1. The number of rotatable bonds is 5. The van der Waals surface area contributed by atoms with Crippen molar-refractivity contribution in [2.24, 2.45) is 0 Å². The second-order valence-electron chi connectivity index (χ2n) is 8.56. The highest BCUT2D eigenvalue weighted by Gasteiger charge is 2.18. The Morgan fingerprint density at radius 3 is 2.79 bits per heavy atom.